The van der Waals surface area contributed by atoms with E-state index in [9.17, 15) is 9.59 Å². The molecule has 1 unspecified atom stereocenters. The van der Waals surface area contributed by atoms with Gasteiger partial charge >= 0.3 is 0 Å². The van der Waals surface area contributed by atoms with E-state index in [0.29, 0.717) is 6.54 Å². The summed E-state index contributed by atoms with van der Waals surface area (Å²) in [6.45, 7) is 10.8. The molecule has 0 aliphatic carbocycles. The molecule has 7 nitrogen and oxygen atoms in total. The van der Waals surface area contributed by atoms with Crippen molar-refractivity contribution in [3.63, 3.8) is 0 Å². The minimum absolute atomic E-state index is 0.191. The molecule has 0 bridgehead atoms. The number of likely N-dealkylation sites (N-methyl/N-ethyl adjacent to an activating group) is 1. The topological polar surface area (TPSA) is 77.8 Å². The van der Waals surface area contributed by atoms with E-state index in [1.807, 2.05) is 12.1 Å². The van der Waals surface area contributed by atoms with E-state index in [0.717, 1.165) is 44.8 Å². The molecule has 156 valence electrons. The monoisotopic (exact) mass is 398 g/mol. The van der Waals surface area contributed by atoms with Gasteiger partial charge in [0.25, 0.3) is 5.91 Å². The highest BCUT2D eigenvalue weighted by atomic mass is 16.3. The lowest BCUT2D eigenvalue weighted by Gasteiger charge is -2.34. The Morgan fingerprint density at radius 2 is 1.69 bits per heavy atom. The summed E-state index contributed by atoms with van der Waals surface area (Å²) in [5.41, 5.74) is 2.31. The van der Waals surface area contributed by atoms with Crippen molar-refractivity contribution in [2.45, 2.75) is 33.0 Å². The Balaban J connectivity index is 1.41. The molecule has 0 radical (unpaired) electrons. The fourth-order valence-corrected chi connectivity index (χ4v) is 3.37. The van der Waals surface area contributed by atoms with Crippen LogP contribution in [0.5, 0.6) is 0 Å². The average Bonchev–Trinajstić information content (AvgIpc) is 3.28. The second kappa shape index (κ2) is 10.2. The Morgan fingerprint density at radius 1 is 1.03 bits per heavy atom. The Morgan fingerprint density at radius 3 is 2.31 bits per heavy atom. The van der Waals surface area contributed by atoms with Gasteiger partial charge in [0.05, 0.1) is 6.26 Å². The van der Waals surface area contributed by atoms with Gasteiger partial charge < -0.3 is 20.0 Å². The molecule has 1 aromatic carbocycles. The largest absolute Gasteiger partial charge is 0.459 e. The van der Waals surface area contributed by atoms with Gasteiger partial charge in [-0.1, -0.05) is 31.2 Å². The molecule has 1 aliphatic rings. The summed E-state index contributed by atoms with van der Waals surface area (Å²) < 4.78 is 5.03. The van der Waals surface area contributed by atoms with Gasteiger partial charge in [0, 0.05) is 39.3 Å². The first-order valence-electron chi connectivity index (χ1n) is 10.2. The van der Waals surface area contributed by atoms with Gasteiger partial charge in [0.15, 0.2) is 5.76 Å². The average molecular weight is 399 g/mol. The zero-order chi connectivity index (χ0) is 20.6. The van der Waals surface area contributed by atoms with Gasteiger partial charge in [0.2, 0.25) is 5.91 Å². The third kappa shape index (κ3) is 6.17. The number of hydrogen-bond acceptors (Lipinski definition) is 5. The Kier molecular flexibility index (Phi) is 7.43. The highest BCUT2D eigenvalue weighted by Crippen LogP contribution is 2.10. The number of furan rings is 1. The lowest BCUT2D eigenvalue weighted by Crippen LogP contribution is -2.45. The van der Waals surface area contributed by atoms with E-state index in [2.05, 4.69) is 39.5 Å². The van der Waals surface area contributed by atoms with Crippen molar-refractivity contribution >= 4 is 11.8 Å². The van der Waals surface area contributed by atoms with Gasteiger partial charge in [-0.2, -0.15) is 0 Å². The van der Waals surface area contributed by atoms with Crippen LogP contribution in [0, 0.1) is 0 Å². The smallest absolute Gasteiger partial charge is 0.287 e. The lowest BCUT2D eigenvalue weighted by atomic mass is 10.1. The van der Waals surface area contributed by atoms with Crippen molar-refractivity contribution in [3.8, 4) is 0 Å². The molecular weight excluding hydrogens is 368 g/mol. The fraction of sp³-hybridized carbons (Fsp3) is 0.455. The third-order valence-corrected chi connectivity index (χ3v) is 5.29. The van der Waals surface area contributed by atoms with Crippen LogP contribution < -0.4 is 10.6 Å². The number of rotatable bonds is 8. The van der Waals surface area contributed by atoms with Crippen LogP contribution in [0.3, 0.4) is 0 Å². The van der Waals surface area contributed by atoms with E-state index in [-0.39, 0.29) is 11.7 Å². The van der Waals surface area contributed by atoms with Crippen molar-refractivity contribution in [1.82, 2.24) is 20.4 Å². The molecule has 0 saturated carbocycles. The van der Waals surface area contributed by atoms with Gasteiger partial charge in [0.1, 0.15) is 6.04 Å². The molecule has 7 heteroatoms. The van der Waals surface area contributed by atoms with Gasteiger partial charge in [-0.15, -0.1) is 0 Å². The number of amides is 2. The highest BCUT2D eigenvalue weighted by molar-refractivity contribution is 5.95. The van der Waals surface area contributed by atoms with Crippen LogP contribution in [-0.2, 0) is 17.9 Å². The Bertz CT molecular complexity index is 781. The van der Waals surface area contributed by atoms with Crippen molar-refractivity contribution in [1.29, 1.82) is 0 Å². The molecule has 1 fully saturated rings. The molecule has 0 spiro atoms. The zero-order valence-corrected chi connectivity index (χ0v) is 17.2. The first kappa shape index (κ1) is 21.1. The van der Waals surface area contributed by atoms with Crippen LogP contribution in [-0.4, -0.2) is 60.4 Å². The molecule has 1 saturated heterocycles. The minimum atomic E-state index is -0.645. The second-order valence-electron chi connectivity index (χ2n) is 7.42. The first-order valence-corrected chi connectivity index (χ1v) is 10.2. The van der Waals surface area contributed by atoms with Crippen LogP contribution >= 0.6 is 0 Å². The van der Waals surface area contributed by atoms with Crippen molar-refractivity contribution in [2.75, 3.05) is 32.7 Å². The highest BCUT2D eigenvalue weighted by Gasteiger charge is 2.18. The maximum atomic E-state index is 12.2. The predicted molar refractivity (Wildman–Crippen MR) is 111 cm³/mol. The van der Waals surface area contributed by atoms with E-state index < -0.39 is 11.9 Å². The Hall–Kier alpha value is -2.64. The number of piperazine rings is 1. The number of hydrogen-bond donors (Lipinski definition) is 2. The number of carbonyl (C=O) groups is 2. The number of nitrogens with one attached hydrogen (secondary N) is 2. The molecule has 1 aliphatic heterocycles. The number of nitrogens with zero attached hydrogens (tertiary/aromatic N) is 2. The van der Waals surface area contributed by atoms with Crippen LogP contribution in [0.2, 0.25) is 0 Å². The van der Waals surface area contributed by atoms with Crippen molar-refractivity contribution in [2.24, 2.45) is 0 Å². The molecule has 2 amide bonds. The lowest BCUT2D eigenvalue weighted by molar-refractivity contribution is -0.122. The van der Waals surface area contributed by atoms with Crippen LogP contribution in [0.25, 0.3) is 0 Å². The minimum Gasteiger partial charge on any atom is -0.459 e. The van der Waals surface area contributed by atoms with Gasteiger partial charge in [-0.3, -0.25) is 14.5 Å². The summed E-state index contributed by atoms with van der Waals surface area (Å²) in [4.78, 5) is 29.1. The van der Waals surface area contributed by atoms with Crippen LogP contribution in [0.1, 0.15) is 35.5 Å². The molecule has 1 aromatic heterocycles. The summed E-state index contributed by atoms with van der Waals surface area (Å²) in [6, 6.07) is 10.9. The zero-order valence-electron chi connectivity index (χ0n) is 17.2. The molecule has 2 N–H and O–H groups in total. The quantitative estimate of drug-likeness (QED) is 0.710. The Labute approximate surface area is 172 Å². The summed E-state index contributed by atoms with van der Waals surface area (Å²) in [7, 11) is 0. The van der Waals surface area contributed by atoms with Crippen molar-refractivity contribution < 1.29 is 14.0 Å². The second-order valence-corrected chi connectivity index (χ2v) is 7.42. The molecular formula is C22H30N4O3. The standard InChI is InChI=1S/C22H30N4O3/c1-3-25-10-12-26(13-11-25)16-19-8-6-18(7-9-19)15-23-21(27)17(2)24-22(28)20-5-4-14-29-20/h4-9,14,17H,3,10-13,15-16H2,1-2H3,(H,23,27)(H,24,28). The number of carbonyl (C=O) groups excluding carboxylic acids is 2. The van der Waals surface area contributed by atoms with Gasteiger partial charge in [-0.05, 0) is 36.7 Å². The van der Waals surface area contributed by atoms with E-state index >= 15 is 0 Å². The third-order valence-electron chi connectivity index (χ3n) is 5.29. The van der Waals surface area contributed by atoms with E-state index in [4.69, 9.17) is 4.42 Å². The SMILES string of the molecule is CCN1CCN(Cc2ccc(CNC(=O)C(C)NC(=O)c3ccco3)cc2)CC1. The summed E-state index contributed by atoms with van der Waals surface area (Å²) in [5.74, 6) is -0.444. The van der Waals surface area contributed by atoms with E-state index in [1.54, 1.807) is 19.1 Å². The number of benzene rings is 1. The molecule has 2 aromatic rings. The van der Waals surface area contributed by atoms with Crippen LogP contribution in [0.4, 0.5) is 0 Å². The predicted octanol–water partition coefficient (Wildman–Crippen LogP) is 1.85. The normalized spacial score (nSPS) is 16.3. The summed E-state index contributed by atoms with van der Waals surface area (Å²) in [5, 5.41) is 5.49. The van der Waals surface area contributed by atoms with Gasteiger partial charge in [-0.25, -0.2) is 0 Å². The maximum Gasteiger partial charge on any atom is 0.287 e. The van der Waals surface area contributed by atoms with Crippen LogP contribution in [0.15, 0.2) is 47.1 Å². The summed E-state index contributed by atoms with van der Waals surface area (Å²) in [6.07, 6.45) is 1.43. The fourth-order valence-electron chi connectivity index (χ4n) is 3.37. The molecule has 1 atom stereocenters. The van der Waals surface area contributed by atoms with Crippen molar-refractivity contribution in [3.05, 3.63) is 59.5 Å². The van der Waals surface area contributed by atoms with E-state index in [1.165, 1.54) is 11.8 Å². The molecule has 3 rings (SSSR count). The molecule has 2 heterocycles. The first-order chi connectivity index (χ1) is 14.0. The maximum absolute atomic E-state index is 12.2. The summed E-state index contributed by atoms with van der Waals surface area (Å²) >= 11 is 0. The molecule has 29 heavy (non-hydrogen) atoms.